The average Bonchev–Trinajstić information content (AvgIpc) is 2.12. The molecule has 0 fully saturated rings. The molecule has 0 atom stereocenters. The number of hydrogen-bond acceptors (Lipinski definition) is 2. The van der Waals surface area contributed by atoms with Crippen molar-refractivity contribution in [2.75, 3.05) is 0 Å². The second kappa shape index (κ2) is 5.10. The van der Waals surface area contributed by atoms with E-state index in [0.717, 1.165) is 11.1 Å². The number of terminal acetylenes is 1. The predicted octanol–water partition coefficient (Wildman–Crippen LogP) is 1.66. The first-order valence-electron chi connectivity index (χ1n) is 4.06. The predicted molar refractivity (Wildman–Crippen MR) is 57.4 cm³/mol. The van der Waals surface area contributed by atoms with Crippen molar-refractivity contribution in [3.05, 3.63) is 34.7 Å². The topological polar surface area (TPSA) is 52.0 Å². The molecule has 0 rings (SSSR count). The maximum absolute atomic E-state index is 5.61. The first-order valence-corrected chi connectivity index (χ1v) is 4.06. The Bertz CT molecular complexity index is 307. The van der Waals surface area contributed by atoms with E-state index in [1.807, 2.05) is 20.8 Å². The molecule has 0 radical (unpaired) electrons. The van der Waals surface area contributed by atoms with Crippen molar-refractivity contribution in [3.8, 4) is 12.3 Å². The maximum atomic E-state index is 5.61. The van der Waals surface area contributed by atoms with Crippen LogP contribution in [0.5, 0.6) is 0 Å². The van der Waals surface area contributed by atoms with Crippen LogP contribution in [0.2, 0.25) is 0 Å². The van der Waals surface area contributed by atoms with Gasteiger partial charge >= 0.3 is 0 Å². The van der Waals surface area contributed by atoms with Crippen molar-refractivity contribution in [2.45, 2.75) is 20.8 Å². The molecule has 0 aliphatic carbocycles. The van der Waals surface area contributed by atoms with Crippen LogP contribution >= 0.6 is 0 Å². The lowest BCUT2D eigenvalue weighted by molar-refractivity contribution is 1.21. The third-order valence-corrected chi connectivity index (χ3v) is 1.80. The van der Waals surface area contributed by atoms with E-state index in [0.29, 0.717) is 11.4 Å². The van der Waals surface area contributed by atoms with Crippen LogP contribution in [0.3, 0.4) is 0 Å². The van der Waals surface area contributed by atoms with E-state index in [1.54, 1.807) is 12.2 Å². The van der Waals surface area contributed by atoms with Crippen LogP contribution in [0.15, 0.2) is 34.7 Å². The Morgan fingerprint density at radius 1 is 1.31 bits per heavy atom. The van der Waals surface area contributed by atoms with Gasteiger partial charge in [0.1, 0.15) is 0 Å². The molecule has 13 heavy (non-hydrogen) atoms. The van der Waals surface area contributed by atoms with Gasteiger partial charge in [-0.15, -0.1) is 6.42 Å². The standard InChI is InChI=1S/C11H16N2/c1-5-10(7-11(13)6-2)8(3)9(4)12/h1,6-7H,12-13H2,2-4H3/b9-8-,10-7-,11-6+. The maximum Gasteiger partial charge on any atom is 0.0309 e. The Labute approximate surface area is 80.0 Å². The molecule has 0 aliphatic heterocycles. The second-order valence-corrected chi connectivity index (χ2v) is 2.80. The SMILES string of the molecule is C#CC(=C/C(N)=C\C)/C(C)=C(/C)N. The quantitative estimate of drug-likeness (QED) is 0.496. The Kier molecular flexibility index (Phi) is 4.47. The molecule has 70 valence electrons. The fourth-order valence-corrected chi connectivity index (χ4v) is 0.721. The molecular weight excluding hydrogens is 160 g/mol. The van der Waals surface area contributed by atoms with Crippen molar-refractivity contribution in [3.63, 3.8) is 0 Å². The zero-order chi connectivity index (χ0) is 10.4. The Morgan fingerprint density at radius 3 is 2.15 bits per heavy atom. The molecule has 0 bridgehead atoms. The van der Waals surface area contributed by atoms with Gasteiger partial charge in [0.2, 0.25) is 0 Å². The van der Waals surface area contributed by atoms with Crippen LogP contribution in [0.25, 0.3) is 0 Å². The minimum absolute atomic E-state index is 0.647. The van der Waals surface area contributed by atoms with Gasteiger partial charge in [-0.05, 0) is 32.4 Å². The Morgan fingerprint density at radius 2 is 1.85 bits per heavy atom. The van der Waals surface area contributed by atoms with Crippen LogP contribution < -0.4 is 11.5 Å². The summed E-state index contributed by atoms with van der Waals surface area (Å²) in [6, 6.07) is 0. The normalized spacial score (nSPS) is 14.9. The van der Waals surface area contributed by atoms with Crippen molar-refractivity contribution >= 4 is 0 Å². The van der Waals surface area contributed by atoms with Gasteiger partial charge in [0.25, 0.3) is 0 Å². The average molecular weight is 176 g/mol. The summed E-state index contributed by atoms with van der Waals surface area (Å²) >= 11 is 0. The van der Waals surface area contributed by atoms with Gasteiger partial charge in [-0.2, -0.15) is 0 Å². The Balaban J connectivity index is 5.08. The van der Waals surface area contributed by atoms with Crippen molar-refractivity contribution in [2.24, 2.45) is 11.5 Å². The van der Waals surface area contributed by atoms with E-state index in [4.69, 9.17) is 17.9 Å². The van der Waals surface area contributed by atoms with Crippen LogP contribution in [0, 0.1) is 12.3 Å². The lowest BCUT2D eigenvalue weighted by Gasteiger charge is -2.03. The van der Waals surface area contributed by atoms with Gasteiger partial charge in [-0.25, -0.2) is 0 Å². The molecule has 0 unspecified atom stereocenters. The molecule has 0 aromatic rings. The monoisotopic (exact) mass is 176 g/mol. The summed E-state index contributed by atoms with van der Waals surface area (Å²) in [7, 11) is 0. The first kappa shape index (κ1) is 11.4. The van der Waals surface area contributed by atoms with Gasteiger partial charge in [-0.3, -0.25) is 0 Å². The molecular formula is C11H16N2. The molecule has 0 aromatic heterocycles. The zero-order valence-corrected chi connectivity index (χ0v) is 8.39. The number of nitrogens with two attached hydrogens (primary N) is 2. The van der Waals surface area contributed by atoms with E-state index in [9.17, 15) is 0 Å². The number of hydrogen-bond donors (Lipinski definition) is 2. The molecule has 0 aliphatic rings. The summed E-state index contributed by atoms with van der Waals surface area (Å²) in [5.74, 6) is 2.55. The second-order valence-electron chi connectivity index (χ2n) is 2.80. The van der Waals surface area contributed by atoms with Crippen molar-refractivity contribution in [1.82, 2.24) is 0 Å². The fraction of sp³-hybridized carbons (Fsp3) is 0.273. The van der Waals surface area contributed by atoms with Gasteiger partial charge in [0, 0.05) is 17.0 Å². The molecule has 2 heteroatoms. The number of rotatable bonds is 2. The molecule has 0 spiro atoms. The minimum atomic E-state index is 0.647. The summed E-state index contributed by atoms with van der Waals surface area (Å²) in [6.45, 7) is 5.55. The first-order chi connectivity index (χ1) is 6.02. The zero-order valence-electron chi connectivity index (χ0n) is 8.39. The third kappa shape index (κ3) is 3.53. The van der Waals surface area contributed by atoms with Crippen molar-refractivity contribution < 1.29 is 0 Å². The van der Waals surface area contributed by atoms with Crippen molar-refractivity contribution in [1.29, 1.82) is 0 Å². The molecule has 4 N–H and O–H groups in total. The highest BCUT2D eigenvalue weighted by molar-refractivity contribution is 5.47. The van der Waals surface area contributed by atoms with Crippen LogP contribution in [-0.2, 0) is 0 Å². The van der Waals surface area contributed by atoms with Crippen LogP contribution in [-0.4, -0.2) is 0 Å². The van der Waals surface area contributed by atoms with Crippen LogP contribution in [0.4, 0.5) is 0 Å². The summed E-state index contributed by atoms with van der Waals surface area (Å²) in [6.07, 6.45) is 8.85. The lowest BCUT2D eigenvalue weighted by atomic mass is 10.1. The number of allylic oxidation sites excluding steroid dienone is 5. The molecule has 0 saturated heterocycles. The highest BCUT2D eigenvalue weighted by atomic mass is 14.6. The smallest absolute Gasteiger partial charge is 0.0309 e. The lowest BCUT2D eigenvalue weighted by Crippen LogP contribution is -1.99. The summed E-state index contributed by atoms with van der Waals surface area (Å²) in [5.41, 5.74) is 14.2. The van der Waals surface area contributed by atoms with Gasteiger partial charge in [0.15, 0.2) is 0 Å². The summed E-state index contributed by atoms with van der Waals surface area (Å²) in [4.78, 5) is 0. The largest absolute Gasteiger partial charge is 0.402 e. The van der Waals surface area contributed by atoms with E-state index >= 15 is 0 Å². The molecule has 0 aromatic carbocycles. The molecule has 0 saturated carbocycles. The summed E-state index contributed by atoms with van der Waals surface area (Å²) < 4.78 is 0. The molecule has 2 nitrogen and oxygen atoms in total. The van der Waals surface area contributed by atoms with E-state index in [2.05, 4.69) is 5.92 Å². The fourth-order valence-electron chi connectivity index (χ4n) is 0.721. The van der Waals surface area contributed by atoms with E-state index in [-0.39, 0.29) is 0 Å². The van der Waals surface area contributed by atoms with E-state index in [1.165, 1.54) is 0 Å². The van der Waals surface area contributed by atoms with E-state index < -0.39 is 0 Å². The highest BCUT2D eigenvalue weighted by Crippen LogP contribution is 2.11. The molecule has 0 heterocycles. The van der Waals surface area contributed by atoms with Gasteiger partial charge in [0.05, 0.1) is 0 Å². The van der Waals surface area contributed by atoms with Crippen LogP contribution in [0.1, 0.15) is 20.8 Å². The third-order valence-electron chi connectivity index (χ3n) is 1.80. The van der Waals surface area contributed by atoms with Gasteiger partial charge in [-0.1, -0.05) is 12.0 Å². The molecule has 0 amide bonds. The Hall–Kier alpha value is -1.62. The summed E-state index contributed by atoms with van der Waals surface area (Å²) in [5, 5.41) is 0. The minimum Gasteiger partial charge on any atom is -0.402 e. The highest BCUT2D eigenvalue weighted by Gasteiger charge is 1.98. The van der Waals surface area contributed by atoms with Gasteiger partial charge < -0.3 is 11.5 Å².